The van der Waals surface area contributed by atoms with E-state index in [1.807, 2.05) is 31.2 Å². The number of hydrogen-bond acceptors (Lipinski definition) is 3. The Morgan fingerprint density at radius 2 is 2.22 bits per heavy atom. The Balaban J connectivity index is 2.64. The molecule has 18 heavy (non-hydrogen) atoms. The van der Waals surface area contributed by atoms with Crippen molar-refractivity contribution in [3.63, 3.8) is 0 Å². The maximum absolute atomic E-state index is 11.9. The van der Waals surface area contributed by atoms with Crippen molar-refractivity contribution in [1.29, 1.82) is 0 Å². The standard InChI is InChI=1S/C14H21NO3/c1-11(9-14(17)15(2)7-8-16)12-5-4-6-13(10-12)18-3/h4-6,10-11,16H,7-9H2,1-3H3. The second kappa shape index (κ2) is 7.01. The van der Waals surface area contributed by atoms with Gasteiger partial charge in [0.25, 0.3) is 0 Å². The number of aliphatic hydroxyl groups excluding tert-OH is 1. The molecule has 0 aliphatic rings. The van der Waals surface area contributed by atoms with Crippen molar-refractivity contribution in [3.8, 4) is 5.75 Å². The lowest BCUT2D eigenvalue weighted by atomic mass is 9.97. The first-order chi connectivity index (χ1) is 8.58. The van der Waals surface area contributed by atoms with Gasteiger partial charge in [-0.05, 0) is 23.6 Å². The van der Waals surface area contributed by atoms with Gasteiger partial charge < -0.3 is 14.7 Å². The van der Waals surface area contributed by atoms with E-state index in [1.54, 1.807) is 19.1 Å². The van der Waals surface area contributed by atoms with E-state index in [2.05, 4.69) is 0 Å². The van der Waals surface area contributed by atoms with Crippen LogP contribution in [0.25, 0.3) is 0 Å². The van der Waals surface area contributed by atoms with Gasteiger partial charge >= 0.3 is 0 Å². The largest absolute Gasteiger partial charge is 0.497 e. The number of aliphatic hydroxyl groups is 1. The molecule has 1 N–H and O–H groups in total. The Kier molecular flexibility index (Phi) is 5.65. The van der Waals surface area contributed by atoms with E-state index in [0.29, 0.717) is 13.0 Å². The van der Waals surface area contributed by atoms with E-state index in [1.165, 1.54) is 0 Å². The Morgan fingerprint density at radius 1 is 1.50 bits per heavy atom. The Bertz CT molecular complexity index is 392. The molecule has 0 aromatic heterocycles. The van der Waals surface area contributed by atoms with Gasteiger partial charge in [-0.15, -0.1) is 0 Å². The maximum atomic E-state index is 11.9. The third-order valence-electron chi connectivity index (χ3n) is 3.00. The molecule has 4 nitrogen and oxygen atoms in total. The van der Waals surface area contributed by atoms with E-state index in [9.17, 15) is 4.79 Å². The molecule has 0 spiro atoms. The SMILES string of the molecule is COc1cccc(C(C)CC(=O)N(C)CCO)c1. The minimum absolute atomic E-state index is 0.00419. The quantitative estimate of drug-likeness (QED) is 0.836. The predicted octanol–water partition coefficient (Wildman–Crippen LogP) is 1.64. The lowest BCUT2D eigenvalue weighted by Gasteiger charge is -2.19. The number of benzene rings is 1. The summed E-state index contributed by atoms with van der Waals surface area (Å²) in [6.45, 7) is 2.39. The monoisotopic (exact) mass is 251 g/mol. The van der Waals surface area contributed by atoms with Gasteiger partial charge in [0.05, 0.1) is 13.7 Å². The van der Waals surface area contributed by atoms with E-state index in [0.717, 1.165) is 11.3 Å². The molecule has 1 unspecified atom stereocenters. The van der Waals surface area contributed by atoms with Crippen molar-refractivity contribution in [2.45, 2.75) is 19.3 Å². The van der Waals surface area contributed by atoms with Crippen LogP contribution in [0.3, 0.4) is 0 Å². The average Bonchev–Trinajstić information content (AvgIpc) is 2.39. The molecule has 4 heteroatoms. The fourth-order valence-corrected chi connectivity index (χ4v) is 1.76. The van der Waals surface area contributed by atoms with Crippen LogP contribution in [0.15, 0.2) is 24.3 Å². The summed E-state index contributed by atoms with van der Waals surface area (Å²) in [4.78, 5) is 13.4. The predicted molar refractivity (Wildman–Crippen MR) is 70.7 cm³/mol. The van der Waals surface area contributed by atoms with Gasteiger partial charge in [-0.25, -0.2) is 0 Å². The van der Waals surface area contributed by atoms with E-state index in [-0.39, 0.29) is 18.4 Å². The van der Waals surface area contributed by atoms with Crippen LogP contribution in [0.4, 0.5) is 0 Å². The smallest absolute Gasteiger partial charge is 0.222 e. The fourth-order valence-electron chi connectivity index (χ4n) is 1.76. The van der Waals surface area contributed by atoms with Crippen LogP contribution < -0.4 is 4.74 Å². The summed E-state index contributed by atoms with van der Waals surface area (Å²) in [7, 11) is 3.33. The lowest BCUT2D eigenvalue weighted by molar-refractivity contribution is -0.130. The number of amides is 1. The summed E-state index contributed by atoms with van der Waals surface area (Å²) >= 11 is 0. The van der Waals surface area contributed by atoms with Crippen LogP contribution >= 0.6 is 0 Å². The van der Waals surface area contributed by atoms with Gasteiger partial charge in [-0.2, -0.15) is 0 Å². The number of likely N-dealkylation sites (N-methyl/N-ethyl adjacent to an activating group) is 1. The van der Waals surface area contributed by atoms with Crippen molar-refractivity contribution in [3.05, 3.63) is 29.8 Å². The molecular formula is C14H21NO3. The number of carbonyl (C=O) groups is 1. The zero-order valence-electron chi connectivity index (χ0n) is 11.2. The van der Waals surface area contributed by atoms with Crippen LogP contribution in [0.1, 0.15) is 24.8 Å². The van der Waals surface area contributed by atoms with Crippen LogP contribution in [-0.2, 0) is 4.79 Å². The van der Waals surface area contributed by atoms with Crippen molar-refractivity contribution >= 4 is 5.91 Å². The zero-order valence-corrected chi connectivity index (χ0v) is 11.2. The maximum Gasteiger partial charge on any atom is 0.222 e. The molecule has 0 aliphatic heterocycles. The molecule has 0 bridgehead atoms. The molecule has 0 fully saturated rings. The highest BCUT2D eigenvalue weighted by molar-refractivity contribution is 5.76. The number of ether oxygens (including phenoxy) is 1. The molecule has 0 aliphatic carbocycles. The molecule has 1 amide bonds. The summed E-state index contributed by atoms with van der Waals surface area (Å²) in [5.74, 6) is 0.976. The van der Waals surface area contributed by atoms with Crippen molar-refractivity contribution < 1.29 is 14.6 Å². The highest BCUT2D eigenvalue weighted by atomic mass is 16.5. The first kappa shape index (κ1) is 14.5. The molecule has 1 atom stereocenters. The van der Waals surface area contributed by atoms with Crippen LogP contribution in [0.5, 0.6) is 5.75 Å². The minimum atomic E-state index is -0.00419. The molecule has 1 aromatic rings. The molecule has 0 heterocycles. The molecule has 0 saturated heterocycles. The summed E-state index contributed by atoms with van der Waals surface area (Å²) < 4.78 is 5.17. The molecule has 0 saturated carbocycles. The molecule has 100 valence electrons. The second-order valence-electron chi connectivity index (χ2n) is 4.42. The first-order valence-electron chi connectivity index (χ1n) is 6.07. The number of rotatable bonds is 6. The molecular weight excluding hydrogens is 230 g/mol. The summed E-state index contributed by atoms with van der Waals surface area (Å²) in [5.41, 5.74) is 1.08. The van der Waals surface area contributed by atoms with Crippen molar-refractivity contribution in [1.82, 2.24) is 4.90 Å². The highest BCUT2D eigenvalue weighted by Gasteiger charge is 2.14. The van der Waals surface area contributed by atoms with Gasteiger partial charge in [0.1, 0.15) is 5.75 Å². The van der Waals surface area contributed by atoms with E-state index in [4.69, 9.17) is 9.84 Å². The number of nitrogens with zero attached hydrogens (tertiary/aromatic N) is 1. The highest BCUT2D eigenvalue weighted by Crippen LogP contribution is 2.23. The topological polar surface area (TPSA) is 49.8 Å². The number of hydrogen-bond donors (Lipinski definition) is 1. The average molecular weight is 251 g/mol. The summed E-state index contributed by atoms with van der Waals surface area (Å²) in [6.07, 6.45) is 0.434. The van der Waals surface area contributed by atoms with Gasteiger partial charge in [0.15, 0.2) is 0 Å². The Hall–Kier alpha value is -1.55. The summed E-state index contributed by atoms with van der Waals surface area (Å²) in [5, 5.41) is 8.79. The zero-order chi connectivity index (χ0) is 13.5. The van der Waals surface area contributed by atoms with Gasteiger partial charge in [0, 0.05) is 20.0 Å². The van der Waals surface area contributed by atoms with Crippen LogP contribution in [0.2, 0.25) is 0 Å². The van der Waals surface area contributed by atoms with E-state index >= 15 is 0 Å². The van der Waals surface area contributed by atoms with Gasteiger partial charge in [0.2, 0.25) is 5.91 Å². The second-order valence-corrected chi connectivity index (χ2v) is 4.42. The lowest BCUT2D eigenvalue weighted by Crippen LogP contribution is -2.30. The number of methoxy groups -OCH3 is 1. The summed E-state index contributed by atoms with van der Waals surface area (Å²) in [6, 6.07) is 7.75. The third kappa shape index (κ3) is 4.04. The van der Waals surface area contributed by atoms with Crippen molar-refractivity contribution in [2.24, 2.45) is 0 Å². The van der Waals surface area contributed by atoms with Crippen LogP contribution in [-0.4, -0.2) is 43.2 Å². The van der Waals surface area contributed by atoms with Crippen molar-refractivity contribution in [2.75, 3.05) is 27.3 Å². The molecule has 0 radical (unpaired) electrons. The first-order valence-corrected chi connectivity index (χ1v) is 6.07. The van der Waals surface area contributed by atoms with Gasteiger partial charge in [-0.3, -0.25) is 4.79 Å². The molecule has 1 rings (SSSR count). The van der Waals surface area contributed by atoms with Gasteiger partial charge in [-0.1, -0.05) is 19.1 Å². The number of carbonyl (C=O) groups excluding carboxylic acids is 1. The fraction of sp³-hybridized carbons (Fsp3) is 0.500. The third-order valence-corrected chi connectivity index (χ3v) is 3.00. The minimum Gasteiger partial charge on any atom is -0.497 e. The Morgan fingerprint density at radius 3 is 2.83 bits per heavy atom. The normalized spacial score (nSPS) is 12.0. The van der Waals surface area contributed by atoms with Crippen LogP contribution in [0, 0.1) is 0 Å². The molecule has 1 aromatic carbocycles. The van der Waals surface area contributed by atoms with E-state index < -0.39 is 0 Å². The Labute approximate surface area is 108 Å².